The summed E-state index contributed by atoms with van der Waals surface area (Å²) >= 11 is 0.574. The zero-order valence-electron chi connectivity index (χ0n) is 5.94. The molecular formula is C5H9NO4S. The van der Waals surface area contributed by atoms with Crippen molar-refractivity contribution in [2.24, 2.45) is 5.73 Å². The lowest BCUT2D eigenvalue weighted by atomic mass is 10.4. The molecule has 0 aliphatic carbocycles. The van der Waals surface area contributed by atoms with E-state index in [-0.39, 0.29) is 5.75 Å². The van der Waals surface area contributed by atoms with E-state index < -0.39 is 17.3 Å². The average molecular weight is 179 g/mol. The van der Waals surface area contributed by atoms with E-state index in [1.165, 1.54) is 7.11 Å². The fourth-order valence-corrected chi connectivity index (χ4v) is 0.839. The number of esters is 1. The van der Waals surface area contributed by atoms with Gasteiger partial charge in [0.25, 0.3) is 0 Å². The number of ether oxygens (including phenoxy) is 1. The molecule has 0 rings (SSSR count). The van der Waals surface area contributed by atoms with Crippen LogP contribution in [-0.2, 0) is 9.53 Å². The van der Waals surface area contributed by atoms with Crippen molar-refractivity contribution in [2.45, 2.75) is 6.04 Å². The lowest BCUT2D eigenvalue weighted by Crippen LogP contribution is -2.34. The second kappa shape index (κ2) is 4.97. The normalized spacial score (nSPS) is 12.2. The number of nitrogens with two attached hydrogens (primary N) is 1. The molecule has 0 radical (unpaired) electrons. The summed E-state index contributed by atoms with van der Waals surface area (Å²) in [5.41, 5.74) is 5.22. The summed E-state index contributed by atoms with van der Waals surface area (Å²) in [6.45, 7) is 0. The number of carbonyl (C=O) groups excluding carboxylic acids is 1. The van der Waals surface area contributed by atoms with E-state index in [2.05, 4.69) is 4.74 Å². The van der Waals surface area contributed by atoms with Crippen molar-refractivity contribution in [3.05, 3.63) is 0 Å². The highest BCUT2D eigenvalue weighted by molar-refractivity contribution is 8.13. The van der Waals surface area contributed by atoms with E-state index in [1.54, 1.807) is 0 Å². The van der Waals surface area contributed by atoms with Crippen molar-refractivity contribution in [3.8, 4) is 0 Å². The summed E-state index contributed by atoms with van der Waals surface area (Å²) < 4.78 is 4.27. The summed E-state index contributed by atoms with van der Waals surface area (Å²) in [6, 6.07) is -0.860. The third-order valence-corrected chi connectivity index (χ3v) is 1.66. The molecule has 1 atom stereocenters. The van der Waals surface area contributed by atoms with Crippen LogP contribution in [-0.4, -0.2) is 35.3 Å². The van der Waals surface area contributed by atoms with Crippen molar-refractivity contribution >= 4 is 23.0 Å². The SMILES string of the molecule is COC(=O)[C@@H](N)CSC(=O)O. The van der Waals surface area contributed by atoms with Gasteiger partial charge in [0.1, 0.15) is 6.04 Å². The Morgan fingerprint density at radius 3 is 2.64 bits per heavy atom. The molecule has 0 unspecified atom stereocenters. The Bertz CT molecular complexity index is 161. The maximum Gasteiger partial charge on any atom is 0.364 e. The molecule has 0 aromatic heterocycles. The number of hydrogen-bond acceptors (Lipinski definition) is 5. The van der Waals surface area contributed by atoms with Gasteiger partial charge in [0.2, 0.25) is 0 Å². The number of thioether (sulfide) groups is 1. The number of rotatable bonds is 3. The molecule has 3 N–H and O–H groups in total. The van der Waals surface area contributed by atoms with Gasteiger partial charge in [0.15, 0.2) is 0 Å². The molecule has 0 aromatic rings. The first-order chi connectivity index (χ1) is 5.07. The molecule has 0 amide bonds. The van der Waals surface area contributed by atoms with Gasteiger partial charge < -0.3 is 15.6 Å². The van der Waals surface area contributed by atoms with Crippen molar-refractivity contribution < 1.29 is 19.4 Å². The lowest BCUT2D eigenvalue weighted by Gasteiger charge is -2.05. The molecule has 6 heteroatoms. The van der Waals surface area contributed by atoms with Gasteiger partial charge in [-0.15, -0.1) is 0 Å². The summed E-state index contributed by atoms with van der Waals surface area (Å²) in [5, 5.41) is 7.12. The molecule has 0 spiro atoms. The highest BCUT2D eigenvalue weighted by atomic mass is 32.2. The maximum absolute atomic E-state index is 10.6. The monoisotopic (exact) mass is 179 g/mol. The molecule has 0 aliphatic heterocycles. The topological polar surface area (TPSA) is 89.6 Å². The van der Waals surface area contributed by atoms with Gasteiger partial charge in [-0.25, -0.2) is 4.79 Å². The van der Waals surface area contributed by atoms with Crippen LogP contribution in [0.25, 0.3) is 0 Å². The Kier molecular flexibility index (Phi) is 4.64. The number of carbonyl (C=O) groups is 2. The average Bonchev–Trinajstić information content (AvgIpc) is 1.98. The van der Waals surface area contributed by atoms with Gasteiger partial charge in [-0.1, -0.05) is 0 Å². The second-order valence-electron chi connectivity index (χ2n) is 1.71. The Balaban J connectivity index is 3.60. The van der Waals surface area contributed by atoms with Crippen LogP contribution in [0.5, 0.6) is 0 Å². The van der Waals surface area contributed by atoms with Crippen molar-refractivity contribution in [3.63, 3.8) is 0 Å². The minimum atomic E-state index is -1.05. The maximum atomic E-state index is 10.6. The minimum absolute atomic E-state index is 0.0298. The molecule has 0 aliphatic rings. The Morgan fingerprint density at radius 2 is 2.27 bits per heavy atom. The Morgan fingerprint density at radius 1 is 1.73 bits per heavy atom. The minimum Gasteiger partial charge on any atom is -0.473 e. The third-order valence-electron chi connectivity index (χ3n) is 0.890. The molecule has 0 aromatic carbocycles. The highest BCUT2D eigenvalue weighted by Gasteiger charge is 2.14. The predicted octanol–water partition coefficient (Wildman–Crippen LogP) is -0.102. The molecule has 11 heavy (non-hydrogen) atoms. The van der Waals surface area contributed by atoms with Crippen molar-refractivity contribution in [2.75, 3.05) is 12.9 Å². The Labute approximate surface area is 67.9 Å². The van der Waals surface area contributed by atoms with Crippen LogP contribution < -0.4 is 5.73 Å². The molecule has 0 fully saturated rings. The first-order valence-electron chi connectivity index (χ1n) is 2.77. The van der Waals surface area contributed by atoms with E-state index >= 15 is 0 Å². The molecule has 5 nitrogen and oxygen atoms in total. The first kappa shape index (κ1) is 10.2. The predicted molar refractivity (Wildman–Crippen MR) is 40.5 cm³/mol. The fourth-order valence-electron chi connectivity index (χ4n) is 0.380. The summed E-state index contributed by atoms with van der Waals surface area (Å²) in [4.78, 5) is 20.5. The lowest BCUT2D eigenvalue weighted by molar-refractivity contribution is -0.141. The smallest absolute Gasteiger partial charge is 0.364 e. The third kappa shape index (κ3) is 4.63. The zero-order valence-corrected chi connectivity index (χ0v) is 6.76. The second-order valence-corrected chi connectivity index (χ2v) is 2.68. The molecule has 64 valence electrons. The van der Waals surface area contributed by atoms with Crippen LogP contribution in [0.15, 0.2) is 0 Å². The molecule has 0 saturated carbocycles. The van der Waals surface area contributed by atoms with E-state index in [0.717, 1.165) is 0 Å². The summed E-state index contributed by atoms with van der Waals surface area (Å²) in [5.74, 6) is -0.569. The van der Waals surface area contributed by atoms with E-state index in [1.807, 2.05) is 0 Å². The van der Waals surface area contributed by atoms with E-state index in [9.17, 15) is 9.59 Å². The largest absolute Gasteiger partial charge is 0.473 e. The molecular weight excluding hydrogens is 170 g/mol. The Hall–Kier alpha value is -0.750. The van der Waals surface area contributed by atoms with E-state index in [0.29, 0.717) is 11.8 Å². The van der Waals surface area contributed by atoms with Crippen molar-refractivity contribution in [1.29, 1.82) is 0 Å². The quantitative estimate of drug-likeness (QED) is 0.588. The fraction of sp³-hybridized carbons (Fsp3) is 0.600. The van der Waals surface area contributed by atoms with Crippen LogP contribution in [0.2, 0.25) is 0 Å². The first-order valence-corrected chi connectivity index (χ1v) is 3.75. The van der Waals surface area contributed by atoms with Crippen LogP contribution >= 0.6 is 11.8 Å². The van der Waals surface area contributed by atoms with Gasteiger partial charge >= 0.3 is 11.3 Å². The van der Waals surface area contributed by atoms with Gasteiger partial charge in [-0.05, 0) is 11.8 Å². The number of carboxylic acid groups (broad SMARTS) is 1. The number of methoxy groups -OCH3 is 1. The molecule has 0 saturated heterocycles. The molecule has 0 heterocycles. The van der Waals surface area contributed by atoms with Gasteiger partial charge in [-0.3, -0.25) is 4.79 Å². The van der Waals surface area contributed by atoms with Crippen LogP contribution in [0.4, 0.5) is 4.79 Å². The van der Waals surface area contributed by atoms with Crippen LogP contribution in [0.3, 0.4) is 0 Å². The van der Waals surface area contributed by atoms with Gasteiger partial charge in [0.05, 0.1) is 7.11 Å². The summed E-state index contributed by atoms with van der Waals surface area (Å²) in [7, 11) is 1.20. The van der Waals surface area contributed by atoms with Crippen molar-refractivity contribution in [1.82, 2.24) is 0 Å². The highest BCUT2D eigenvalue weighted by Crippen LogP contribution is 2.02. The zero-order chi connectivity index (χ0) is 8.85. The van der Waals surface area contributed by atoms with Crippen LogP contribution in [0, 0.1) is 0 Å². The van der Waals surface area contributed by atoms with Crippen LogP contribution in [0.1, 0.15) is 0 Å². The van der Waals surface area contributed by atoms with Gasteiger partial charge in [0, 0.05) is 5.75 Å². The molecule has 0 bridgehead atoms. The standard InChI is InChI=1S/C5H9NO4S/c1-10-4(7)3(6)2-11-5(8)9/h3H,2,6H2,1H3,(H,8,9)/t3-/m0/s1. The van der Waals surface area contributed by atoms with Gasteiger partial charge in [-0.2, -0.15) is 0 Å². The van der Waals surface area contributed by atoms with E-state index in [4.69, 9.17) is 10.8 Å². The summed E-state index contributed by atoms with van der Waals surface area (Å²) in [6.07, 6.45) is 0. The number of hydrogen-bond donors (Lipinski definition) is 2.